The van der Waals surface area contributed by atoms with E-state index in [2.05, 4.69) is 26.3 Å². The monoisotopic (exact) mass is 1230 g/mol. The van der Waals surface area contributed by atoms with Crippen LogP contribution in [0.4, 0.5) is 0 Å². The average molecular weight is 1240 g/mol. The third kappa shape index (κ3) is 18.2. The molecule has 3 aliphatic rings. The molecule has 1 aromatic carbocycles. The van der Waals surface area contributed by atoms with Gasteiger partial charge in [0.15, 0.2) is 0 Å². The highest BCUT2D eigenvalue weighted by atomic mass is 79.9. The SMILES string of the molecule is CCOC(=O)CCCC(=O)OC[C@]1(CC)C(=O)OCc2c1cc1n(c2=O)Cc2cc3ccccc3nc2-1.CCOCCN1CC(COC(=O)C(C)(Br)CC(C)(CC(C)(C)C(=O)OCC)C(=O)OCCOP(=O)([O-])OCC[N+](C)(C)C)N=N1. The van der Waals surface area contributed by atoms with Gasteiger partial charge >= 0.3 is 35.8 Å². The summed E-state index contributed by atoms with van der Waals surface area (Å²) in [5, 5.41) is 10.9. The Bertz CT molecular complexity index is 2910. The Labute approximate surface area is 487 Å². The van der Waals surface area contributed by atoms with Crippen molar-refractivity contribution < 1.29 is 84.9 Å². The fourth-order valence-corrected chi connectivity index (χ4v) is 11.2. The number of cyclic esters (lactones) is 1. The fourth-order valence-electron chi connectivity index (χ4n) is 9.75. The normalized spacial score (nSPS) is 18.5. The summed E-state index contributed by atoms with van der Waals surface area (Å²) in [6.45, 7) is 15.5. The summed E-state index contributed by atoms with van der Waals surface area (Å²) in [7, 11) is 1.05. The highest BCUT2D eigenvalue weighted by Gasteiger charge is 2.51. The molecular weight excluding hydrogens is 1160 g/mol. The molecule has 0 spiro atoms. The number of quaternary nitrogens is 1. The lowest BCUT2D eigenvalue weighted by molar-refractivity contribution is -0.870. The topological polar surface area (TPSA) is 288 Å². The maximum Gasteiger partial charge on any atom is 0.322 e. The van der Waals surface area contributed by atoms with E-state index in [9.17, 15) is 43.0 Å². The molecule has 0 saturated carbocycles. The number of hydrogen-bond acceptors (Lipinski definition) is 22. The van der Waals surface area contributed by atoms with Gasteiger partial charge in [0.2, 0.25) is 0 Å². The summed E-state index contributed by atoms with van der Waals surface area (Å²) in [6, 6.07) is 11.3. The molecule has 5 atom stereocenters. The quantitative estimate of drug-likeness (QED) is 0.0138. The maximum atomic E-state index is 13.6. The molecule has 0 aliphatic carbocycles. The minimum Gasteiger partial charge on any atom is -0.756 e. The van der Waals surface area contributed by atoms with Crippen LogP contribution in [0.25, 0.3) is 22.3 Å². The zero-order chi connectivity index (χ0) is 60.7. The largest absolute Gasteiger partial charge is 0.756 e. The second-order valence-electron chi connectivity index (χ2n) is 22.4. The first-order chi connectivity index (χ1) is 38.5. The first kappa shape index (κ1) is 67.1. The number of hydrogen-bond donors (Lipinski definition) is 0. The minimum atomic E-state index is -4.61. The number of halogens is 1. The van der Waals surface area contributed by atoms with Gasteiger partial charge in [0.1, 0.15) is 55.4 Å². The highest BCUT2D eigenvalue weighted by molar-refractivity contribution is 9.10. The Morgan fingerprint density at radius 2 is 1.52 bits per heavy atom. The van der Waals surface area contributed by atoms with Crippen molar-refractivity contribution in [3.8, 4) is 11.4 Å². The summed E-state index contributed by atoms with van der Waals surface area (Å²) in [5.41, 5.74) is -0.0923. The number of ether oxygens (including phenoxy) is 7. The molecule has 82 heavy (non-hydrogen) atoms. The molecule has 4 unspecified atom stereocenters. The number of pyridine rings is 2. The van der Waals surface area contributed by atoms with Crippen LogP contribution in [0.2, 0.25) is 0 Å². The van der Waals surface area contributed by atoms with Crippen LogP contribution in [0, 0.1) is 10.8 Å². The lowest BCUT2D eigenvalue weighted by Gasteiger charge is -2.38. The molecule has 0 amide bonds. The Balaban J connectivity index is 0.000000305. The number of esters is 6. The number of nitrogens with zero attached hydrogens (tertiary/aromatic N) is 6. The molecule has 26 heteroatoms. The Kier molecular flexibility index (Phi) is 23.9. The molecule has 5 heterocycles. The summed E-state index contributed by atoms with van der Waals surface area (Å²) in [6.07, 6.45) is 0.502. The first-order valence-electron chi connectivity index (χ1n) is 27.5. The second-order valence-corrected chi connectivity index (χ2v) is 25.5. The van der Waals surface area contributed by atoms with Gasteiger partial charge < -0.3 is 56.1 Å². The molecule has 24 nitrogen and oxygen atoms in total. The molecule has 0 saturated heterocycles. The van der Waals surface area contributed by atoms with Crippen molar-refractivity contribution in [2.75, 3.05) is 100 Å². The van der Waals surface area contributed by atoms with E-state index in [1.54, 1.807) is 58.0 Å². The van der Waals surface area contributed by atoms with Crippen molar-refractivity contribution >= 4 is 70.5 Å². The second kappa shape index (κ2) is 29.2. The molecule has 454 valence electrons. The Hall–Kier alpha value is -5.69. The minimum absolute atomic E-state index is 0.0116. The standard InChI is InChI=1S/C28H52BrN4O11P.C28H28N2O7/c1-10-39-14-12-32-18-22(30-31-32)19-42-25(36)28(6,29)21-27(5,20-26(3,4)23(34)40-11-2)24(35)41-16-17-44-45(37,38)43-15-13-33(7,8)9;1-3-28(16-37-24(32)11-7-10-23(31)35-4-2)20-13-22-25-18(12-17-8-5-6-9-21(17)29-25)14-30(22)26(33)19(20)15-36-27(28)34/h22H,10-21H2,1-9H3;5-6,8-9,12-13H,3-4,7,10-11,14-16H2,1-2H3/t;28-/m.0/s1. The molecule has 3 aromatic rings. The van der Waals surface area contributed by atoms with Gasteiger partial charge in [-0.3, -0.25) is 43.1 Å². The summed E-state index contributed by atoms with van der Waals surface area (Å²) in [5.74, 6) is -3.36. The van der Waals surface area contributed by atoms with Crippen molar-refractivity contribution in [2.45, 2.75) is 123 Å². The number of phosphoric acid groups is 1. The molecule has 0 fully saturated rings. The van der Waals surface area contributed by atoms with Gasteiger partial charge in [-0.05, 0) is 97.9 Å². The zero-order valence-corrected chi connectivity index (χ0v) is 51.5. The molecule has 6 rings (SSSR count). The molecule has 0 N–H and O–H groups in total. The molecule has 0 radical (unpaired) electrons. The number of aromatic nitrogens is 2. The lowest BCUT2D eigenvalue weighted by atomic mass is 9.69. The third-order valence-electron chi connectivity index (χ3n) is 13.9. The predicted molar refractivity (Wildman–Crippen MR) is 300 cm³/mol. The van der Waals surface area contributed by atoms with Gasteiger partial charge in [-0.25, -0.2) is 4.98 Å². The van der Waals surface area contributed by atoms with Crippen LogP contribution in [0.5, 0.6) is 0 Å². The summed E-state index contributed by atoms with van der Waals surface area (Å²) < 4.78 is 59.9. The van der Waals surface area contributed by atoms with E-state index in [-0.39, 0.29) is 95.7 Å². The van der Waals surface area contributed by atoms with Crippen molar-refractivity contribution in [1.82, 2.24) is 14.6 Å². The zero-order valence-electron chi connectivity index (χ0n) is 49.0. The average Bonchev–Trinajstić information content (AvgIpc) is 2.63. The Morgan fingerprint density at radius 1 is 0.841 bits per heavy atom. The molecule has 2 aromatic heterocycles. The van der Waals surface area contributed by atoms with Crippen LogP contribution in [-0.2, 0) is 94.1 Å². The van der Waals surface area contributed by atoms with E-state index in [1.807, 2.05) is 64.5 Å². The predicted octanol–water partition coefficient (Wildman–Crippen LogP) is 6.30. The van der Waals surface area contributed by atoms with Crippen LogP contribution in [-0.4, -0.2) is 165 Å². The number of fused-ring (bicyclic) bond motifs is 5. The first-order valence-corrected chi connectivity index (χ1v) is 29.8. The van der Waals surface area contributed by atoms with Gasteiger partial charge in [0.05, 0.1) is 101 Å². The number of phosphoric ester groups is 1. The summed E-state index contributed by atoms with van der Waals surface area (Å²) in [4.78, 5) is 107. The van der Waals surface area contributed by atoms with E-state index in [0.29, 0.717) is 66.4 Å². The molecule has 0 bridgehead atoms. The number of para-hydroxylation sites is 1. The van der Waals surface area contributed by atoms with Crippen molar-refractivity contribution in [1.29, 1.82) is 0 Å². The number of carbonyl (C=O) groups is 6. The van der Waals surface area contributed by atoms with Crippen molar-refractivity contribution in [2.24, 2.45) is 21.2 Å². The number of carbonyl (C=O) groups excluding carboxylic acids is 6. The van der Waals surface area contributed by atoms with Crippen LogP contribution in [0.3, 0.4) is 0 Å². The van der Waals surface area contributed by atoms with Crippen molar-refractivity contribution in [3.63, 3.8) is 0 Å². The van der Waals surface area contributed by atoms with E-state index in [1.165, 1.54) is 0 Å². The Morgan fingerprint density at radius 3 is 2.20 bits per heavy atom. The van der Waals surface area contributed by atoms with E-state index in [4.69, 9.17) is 47.2 Å². The van der Waals surface area contributed by atoms with Gasteiger partial charge in [0.25, 0.3) is 13.4 Å². The number of likely N-dealkylation sites (N-methyl/N-ethyl adjacent to an activating group) is 1. The van der Waals surface area contributed by atoms with Crippen LogP contribution in [0.15, 0.2) is 51.5 Å². The van der Waals surface area contributed by atoms with Gasteiger partial charge in [-0.2, -0.15) is 5.11 Å². The maximum absolute atomic E-state index is 13.6. The lowest BCUT2D eigenvalue weighted by Crippen LogP contribution is -2.48. The number of rotatable bonds is 30. The smallest absolute Gasteiger partial charge is 0.322 e. The van der Waals surface area contributed by atoms with Gasteiger partial charge in [-0.15, -0.1) is 0 Å². The van der Waals surface area contributed by atoms with Crippen LogP contribution >= 0.6 is 23.8 Å². The fraction of sp³-hybridized carbons (Fsp3) is 0.643. The van der Waals surface area contributed by atoms with Crippen molar-refractivity contribution in [3.05, 3.63) is 63.4 Å². The van der Waals surface area contributed by atoms with E-state index < -0.39 is 71.5 Å². The summed E-state index contributed by atoms with van der Waals surface area (Å²) >= 11 is 3.44. The van der Waals surface area contributed by atoms with Crippen LogP contribution < -0.4 is 10.5 Å². The molecule has 3 aliphatic heterocycles. The van der Waals surface area contributed by atoms with Gasteiger partial charge in [0, 0.05) is 30.4 Å². The third-order valence-corrected chi connectivity index (χ3v) is 15.5. The van der Waals surface area contributed by atoms with Crippen LogP contribution in [0.1, 0.15) is 111 Å². The number of benzene rings is 1. The molecular formula is C56H80BrN6O18P. The highest BCUT2D eigenvalue weighted by Crippen LogP contribution is 2.45. The van der Waals surface area contributed by atoms with Gasteiger partial charge in [-0.1, -0.05) is 46.3 Å². The van der Waals surface area contributed by atoms with E-state index in [0.717, 1.165) is 16.5 Å². The number of alkyl halides is 1. The van der Waals surface area contributed by atoms with E-state index >= 15 is 0 Å².